The van der Waals surface area contributed by atoms with Crippen LogP contribution in [0, 0.1) is 0 Å². The standard InChI is InChI=1S/C13H19ClN2O2/c1-10(9-16-13(17)7-4-8-15)18-12-6-3-2-5-11(12)14/h2-3,5-6,10H,4,7-9,15H2,1H3,(H,16,17). The lowest BCUT2D eigenvalue weighted by atomic mass is 10.3. The van der Waals surface area contributed by atoms with Crippen LogP contribution < -0.4 is 15.8 Å². The van der Waals surface area contributed by atoms with Gasteiger partial charge in [-0.2, -0.15) is 0 Å². The second-order valence-electron chi connectivity index (χ2n) is 4.06. The Morgan fingerprint density at radius 3 is 2.89 bits per heavy atom. The maximum absolute atomic E-state index is 11.4. The number of rotatable bonds is 7. The third kappa shape index (κ3) is 5.38. The van der Waals surface area contributed by atoms with E-state index in [0.29, 0.717) is 36.7 Å². The quantitative estimate of drug-likeness (QED) is 0.796. The Kier molecular flexibility index (Phi) is 6.54. The van der Waals surface area contributed by atoms with Gasteiger partial charge in [-0.05, 0) is 32.0 Å². The molecule has 4 nitrogen and oxygen atoms in total. The number of para-hydroxylation sites is 1. The molecule has 0 fully saturated rings. The normalized spacial score (nSPS) is 11.9. The average Bonchev–Trinajstić information content (AvgIpc) is 2.36. The first-order valence-electron chi connectivity index (χ1n) is 6.01. The number of hydrogen-bond donors (Lipinski definition) is 2. The molecule has 0 aliphatic carbocycles. The number of hydrogen-bond acceptors (Lipinski definition) is 3. The van der Waals surface area contributed by atoms with Crippen LogP contribution in [-0.2, 0) is 4.79 Å². The molecule has 0 saturated carbocycles. The van der Waals surface area contributed by atoms with E-state index in [2.05, 4.69) is 5.32 Å². The van der Waals surface area contributed by atoms with Crippen molar-refractivity contribution in [3.63, 3.8) is 0 Å². The minimum Gasteiger partial charge on any atom is -0.487 e. The third-order valence-corrected chi connectivity index (χ3v) is 2.67. The molecule has 0 heterocycles. The number of amides is 1. The summed E-state index contributed by atoms with van der Waals surface area (Å²) in [4.78, 5) is 11.4. The van der Waals surface area contributed by atoms with E-state index in [0.717, 1.165) is 0 Å². The summed E-state index contributed by atoms with van der Waals surface area (Å²) < 4.78 is 5.63. The van der Waals surface area contributed by atoms with E-state index in [1.54, 1.807) is 12.1 Å². The first-order valence-corrected chi connectivity index (χ1v) is 6.39. The zero-order chi connectivity index (χ0) is 13.4. The predicted octanol–water partition coefficient (Wildman–Crippen LogP) is 1.96. The molecule has 1 aromatic carbocycles. The number of ether oxygens (including phenoxy) is 1. The van der Waals surface area contributed by atoms with Crippen molar-refractivity contribution < 1.29 is 9.53 Å². The highest BCUT2D eigenvalue weighted by Gasteiger charge is 2.08. The van der Waals surface area contributed by atoms with Crippen LogP contribution >= 0.6 is 11.6 Å². The minimum absolute atomic E-state index is 0.00458. The molecular formula is C13H19ClN2O2. The number of halogens is 1. The molecule has 0 saturated heterocycles. The molecule has 18 heavy (non-hydrogen) atoms. The van der Waals surface area contributed by atoms with Gasteiger partial charge in [-0.25, -0.2) is 0 Å². The van der Waals surface area contributed by atoms with E-state index in [9.17, 15) is 4.79 Å². The number of nitrogens with one attached hydrogen (secondary N) is 1. The molecule has 100 valence electrons. The van der Waals surface area contributed by atoms with Gasteiger partial charge in [0.1, 0.15) is 11.9 Å². The summed E-state index contributed by atoms with van der Waals surface area (Å²) in [5.41, 5.74) is 5.33. The van der Waals surface area contributed by atoms with Crippen molar-refractivity contribution in [3.8, 4) is 5.75 Å². The molecule has 5 heteroatoms. The van der Waals surface area contributed by atoms with Crippen LogP contribution in [0.4, 0.5) is 0 Å². The largest absolute Gasteiger partial charge is 0.487 e. The van der Waals surface area contributed by atoms with Crippen molar-refractivity contribution in [2.45, 2.75) is 25.9 Å². The van der Waals surface area contributed by atoms with Crippen molar-refractivity contribution >= 4 is 17.5 Å². The Morgan fingerprint density at radius 1 is 1.50 bits per heavy atom. The highest BCUT2D eigenvalue weighted by molar-refractivity contribution is 6.32. The highest BCUT2D eigenvalue weighted by Crippen LogP contribution is 2.23. The van der Waals surface area contributed by atoms with E-state index in [1.165, 1.54) is 0 Å². The van der Waals surface area contributed by atoms with Gasteiger partial charge in [0.2, 0.25) is 5.91 Å². The molecule has 0 spiro atoms. The fourth-order valence-corrected chi connectivity index (χ4v) is 1.59. The Morgan fingerprint density at radius 2 is 2.22 bits per heavy atom. The van der Waals surface area contributed by atoms with Crippen molar-refractivity contribution in [2.24, 2.45) is 5.73 Å². The van der Waals surface area contributed by atoms with Crippen LogP contribution in [0.5, 0.6) is 5.75 Å². The number of carbonyl (C=O) groups excluding carboxylic acids is 1. The Labute approximate surface area is 112 Å². The van der Waals surface area contributed by atoms with Gasteiger partial charge in [0.15, 0.2) is 0 Å². The van der Waals surface area contributed by atoms with Gasteiger partial charge in [0.25, 0.3) is 0 Å². The van der Waals surface area contributed by atoms with Gasteiger partial charge in [-0.3, -0.25) is 4.79 Å². The lowest BCUT2D eigenvalue weighted by molar-refractivity contribution is -0.121. The molecule has 0 aliphatic heterocycles. The van der Waals surface area contributed by atoms with Crippen molar-refractivity contribution in [1.29, 1.82) is 0 Å². The maximum Gasteiger partial charge on any atom is 0.220 e. The van der Waals surface area contributed by atoms with Crippen LogP contribution in [0.2, 0.25) is 5.02 Å². The fourth-order valence-electron chi connectivity index (χ4n) is 1.41. The highest BCUT2D eigenvalue weighted by atomic mass is 35.5. The van der Waals surface area contributed by atoms with Crippen LogP contribution in [0.1, 0.15) is 19.8 Å². The van der Waals surface area contributed by atoms with E-state index in [1.807, 2.05) is 19.1 Å². The van der Waals surface area contributed by atoms with Crippen LogP contribution in [-0.4, -0.2) is 25.1 Å². The summed E-state index contributed by atoms with van der Waals surface area (Å²) in [5, 5.41) is 3.36. The van der Waals surface area contributed by atoms with Crippen LogP contribution in [0.3, 0.4) is 0 Å². The molecule has 0 radical (unpaired) electrons. The lowest BCUT2D eigenvalue weighted by Crippen LogP contribution is -2.33. The molecule has 3 N–H and O–H groups in total. The first kappa shape index (κ1) is 14.8. The second-order valence-corrected chi connectivity index (χ2v) is 4.46. The molecule has 0 bridgehead atoms. The van der Waals surface area contributed by atoms with E-state index < -0.39 is 0 Å². The predicted molar refractivity (Wildman–Crippen MR) is 72.8 cm³/mol. The molecule has 1 rings (SSSR count). The second kappa shape index (κ2) is 7.95. The number of carbonyl (C=O) groups is 1. The van der Waals surface area contributed by atoms with Gasteiger partial charge in [0, 0.05) is 6.42 Å². The molecule has 1 unspecified atom stereocenters. The van der Waals surface area contributed by atoms with Gasteiger partial charge in [-0.15, -0.1) is 0 Å². The van der Waals surface area contributed by atoms with E-state index in [4.69, 9.17) is 22.1 Å². The summed E-state index contributed by atoms with van der Waals surface area (Å²) in [6.07, 6.45) is 1.02. The smallest absolute Gasteiger partial charge is 0.220 e. The summed E-state index contributed by atoms with van der Waals surface area (Å²) in [5.74, 6) is 0.623. The van der Waals surface area contributed by atoms with Gasteiger partial charge < -0.3 is 15.8 Å². The zero-order valence-electron chi connectivity index (χ0n) is 10.5. The molecular weight excluding hydrogens is 252 g/mol. The summed E-state index contributed by atoms with van der Waals surface area (Å²) >= 11 is 5.97. The van der Waals surface area contributed by atoms with Gasteiger partial charge in [-0.1, -0.05) is 23.7 Å². The van der Waals surface area contributed by atoms with Crippen molar-refractivity contribution in [1.82, 2.24) is 5.32 Å². The zero-order valence-corrected chi connectivity index (χ0v) is 11.2. The third-order valence-electron chi connectivity index (χ3n) is 2.36. The molecule has 1 atom stereocenters. The minimum atomic E-state index is -0.133. The number of benzene rings is 1. The molecule has 1 amide bonds. The van der Waals surface area contributed by atoms with Crippen LogP contribution in [0.25, 0.3) is 0 Å². The Bertz CT molecular complexity index is 385. The van der Waals surface area contributed by atoms with E-state index in [-0.39, 0.29) is 12.0 Å². The SMILES string of the molecule is CC(CNC(=O)CCCN)Oc1ccccc1Cl. The maximum atomic E-state index is 11.4. The summed E-state index contributed by atoms with van der Waals surface area (Å²) in [7, 11) is 0. The van der Waals surface area contributed by atoms with Crippen molar-refractivity contribution in [2.75, 3.05) is 13.1 Å². The molecule has 0 aliphatic rings. The Balaban J connectivity index is 2.32. The molecule has 0 aromatic heterocycles. The monoisotopic (exact) mass is 270 g/mol. The Hall–Kier alpha value is -1.26. The fraction of sp³-hybridized carbons (Fsp3) is 0.462. The van der Waals surface area contributed by atoms with Crippen molar-refractivity contribution in [3.05, 3.63) is 29.3 Å². The number of nitrogens with two attached hydrogens (primary N) is 1. The van der Waals surface area contributed by atoms with E-state index >= 15 is 0 Å². The lowest BCUT2D eigenvalue weighted by Gasteiger charge is -2.16. The average molecular weight is 271 g/mol. The van der Waals surface area contributed by atoms with Gasteiger partial charge >= 0.3 is 0 Å². The van der Waals surface area contributed by atoms with Gasteiger partial charge in [0.05, 0.1) is 11.6 Å². The summed E-state index contributed by atoms with van der Waals surface area (Å²) in [6.45, 7) is 2.86. The van der Waals surface area contributed by atoms with Crippen LogP contribution in [0.15, 0.2) is 24.3 Å². The molecule has 1 aromatic rings. The first-order chi connectivity index (χ1) is 8.63. The topological polar surface area (TPSA) is 64.4 Å². The summed E-state index contributed by atoms with van der Waals surface area (Å²) in [6, 6.07) is 7.26.